The van der Waals surface area contributed by atoms with Crippen LogP contribution in [0.1, 0.15) is 35.3 Å². The number of rotatable bonds is 4. The number of nitriles is 1. The van der Waals surface area contributed by atoms with Gasteiger partial charge in [0, 0.05) is 5.56 Å². The van der Waals surface area contributed by atoms with E-state index in [9.17, 15) is 5.11 Å². The fourth-order valence-corrected chi connectivity index (χ4v) is 2.00. The predicted molar refractivity (Wildman–Crippen MR) is 77.3 cm³/mol. The molecule has 2 aromatic carbocycles. The highest BCUT2D eigenvalue weighted by atomic mass is 16.5. The van der Waals surface area contributed by atoms with Gasteiger partial charge in [-0.3, -0.25) is 0 Å². The zero-order valence-corrected chi connectivity index (χ0v) is 11.6. The molecule has 0 unspecified atom stereocenters. The van der Waals surface area contributed by atoms with E-state index in [1.165, 1.54) is 0 Å². The third-order valence-corrected chi connectivity index (χ3v) is 3.07. The Hall–Kier alpha value is -2.31. The standard InChI is InChI=1S/C17H17NO2/c1-12-6-7-16(13(2)19)17(8-12)20-11-15-5-3-4-14(9-15)10-18/h3-9,13,19H,11H2,1-2H3/t13-/m0/s1. The molecule has 0 fully saturated rings. The summed E-state index contributed by atoms with van der Waals surface area (Å²) in [5, 5.41) is 18.6. The van der Waals surface area contributed by atoms with E-state index >= 15 is 0 Å². The van der Waals surface area contributed by atoms with E-state index in [4.69, 9.17) is 10.00 Å². The minimum atomic E-state index is -0.573. The molecule has 3 heteroatoms. The molecule has 0 heterocycles. The SMILES string of the molecule is Cc1ccc([C@H](C)O)c(OCc2cccc(C#N)c2)c1. The van der Waals surface area contributed by atoms with Crippen molar-refractivity contribution < 1.29 is 9.84 Å². The molecule has 0 aliphatic carbocycles. The summed E-state index contributed by atoms with van der Waals surface area (Å²) in [4.78, 5) is 0. The Labute approximate surface area is 119 Å². The largest absolute Gasteiger partial charge is 0.489 e. The van der Waals surface area contributed by atoms with Gasteiger partial charge in [0.05, 0.1) is 17.7 Å². The molecule has 0 amide bonds. The van der Waals surface area contributed by atoms with E-state index in [1.807, 2.05) is 37.3 Å². The van der Waals surface area contributed by atoms with Crippen LogP contribution in [0.4, 0.5) is 0 Å². The molecule has 0 radical (unpaired) electrons. The number of hydrogen-bond acceptors (Lipinski definition) is 3. The number of aliphatic hydroxyl groups excluding tert-OH is 1. The molecule has 0 saturated carbocycles. The second kappa shape index (κ2) is 6.23. The molecule has 1 N–H and O–H groups in total. The maximum Gasteiger partial charge on any atom is 0.125 e. The van der Waals surface area contributed by atoms with Crippen LogP contribution in [0.2, 0.25) is 0 Å². The van der Waals surface area contributed by atoms with Crippen molar-refractivity contribution >= 4 is 0 Å². The molecule has 20 heavy (non-hydrogen) atoms. The molecule has 2 rings (SSSR count). The third kappa shape index (κ3) is 3.37. The van der Waals surface area contributed by atoms with Crippen LogP contribution in [0.5, 0.6) is 5.75 Å². The molecule has 1 atom stereocenters. The first-order valence-corrected chi connectivity index (χ1v) is 6.50. The van der Waals surface area contributed by atoms with E-state index in [-0.39, 0.29) is 0 Å². The zero-order valence-electron chi connectivity index (χ0n) is 11.6. The van der Waals surface area contributed by atoms with Gasteiger partial charge in [-0.25, -0.2) is 0 Å². The predicted octanol–water partition coefficient (Wildman–Crippen LogP) is 3.50. The summed E-state index contributed by atoms with van der Waals surface area (Å²) in [6.07, 6.45) is -0.573. The zero-order chi connectivity index (χ0) is 14.5. The number of benzene rings is 2. The smallest absolute Gasteiger partial charge is 0.125 e. The maximum absolute atomic E-state index is 9.75. The van der Waals surface area contributed by atoms with Crippen LogP contribution < -0.4 is 4.74 Å². The summed E-state index contributed by atoms with van der Waals surface area (Å²) >= 11 is 0. The van der Waals surface area contributed by atoms with E-state index in [0.29, 0.717) is 17.9 Å². The molecule has 0 aliphatic rings. The van der Waals surface area contributed by atoms with Gasteiger partial charge in [0.25, 0.3) is 0 Å². The quantitative estimate of drug-likeness (QED) is 0.922. The highest BCUT2D eigenvalue weighted by Crippen LogP contribution is 2.27. The Morgan fingerprint density at radius 2 is 2.05 bits per heavy atom. The van der Waals surface area contributed by atoms with Crippen LogP contribution in [0, 0.1) is 18.3 Å². The van der Waals surface area contributed by atoms with Gasteiger partial charge in [-0.1, -0.05) is 24.3 Å². The Morgan fingerprint density at radius 3 is 2.75 bits per heavy atom. The van der Waals surface area contributed by atoms with Crippen LogP contribution in [0.15, 0.2) is 42.5 Å². The Balaban J connectivity index is 2.18. The van der Waals surface area contributed by atoms with Crippen LogP contribution in [-0.4, -0.2) is 5.11 Å². The first kappa shape index (κ1) is 14.1. The van der Waals surface area contributed by atoms with Gasteiger partial charge in [0.15, 0.2) is 0 Å². The van der Waals surface area contributed by atoms with Crippen LogP contribution in [0.3, 0.4) is 0 Å². The topological polar surface area (TPSA) is 53.2 Å². The number of aryl methyl sites for hydroxylation is 1. The lowest BCUT2D eigenvalue weighted by Crippen LogP contribution is -2.01. The molecule has 0 aromatic heterocycles. The minimum Gasteiger partial charge on any atom is -0.489 e. The summed E-state index contributed by atoms with van der Waals surface area (Å²) in [5.41, 5.74) is 3.40. The number of nitrogens with zero attached hydrogens (tertiary/aromatic N) is 1. The summed E-state index contributed by atoms with van der Waals surface area (Å²) in [5.74, 6) is 0.683. The highest BCUT2D eigenvalue weighted by molar-refractivity contribution is 5.39. The normalized spacial score (nSPS) is 11.7. The molecule has 0 saturated heterocycles. The van der Waals surface area contributed by atoms with Crippen LogP contribution >= 0.6 is 0 Å². The average Bonchev–Trinajstić information content (AvgIpc) is 2.45. The Morgan fingerprint density at radius 1 is 1.25 bits per heavy atom. The van der Waals surface area contributed by atoms with Gasteiger partial charge in [-0.2, -0.15) is 5.26 Å². The number of hydrogen-bond donors (Lipinski definition) is 1. The second-order valence-corrected chi connectivity index (χ2v) is 4.82. The minimum absolute atomic E-state index is 0.374. The van der Waals surface area contributed by atoms with Crippen molar-refractivity contribution in [3.8, 4) is 11.8 Å². The summed E-state index contributed by atoms with van der Waals surface area (Å²) in [7, 11) is 0. The fourth-order valence-electron chi connectivity index (χ4n) is 2.00. The number of ether oxygens (including phenoxy) is 1. The lowest BCUT2D eigenvalue weighted by atomic mass is 10.1. The van der Waals surface area contributed by atoms with Crippen molar-refractivity contribution in [2.45, 2.75) is 26.6 Å². The van der Waals surface area contributed by atoms with Crippen LogP contribution in [-0.2, 0) is 6.61 Å². The van der Waals surface area contributed by atoms with Crippen molar-refractivity contribution in [1.29, 1.82) is 5.26 Å². The maximum atomic E-state index is 9.75. The van der Waals surface area contributed by atoms with Gasteiger partial charge in [0.1, 0.15) is 12.4 Å². The molecule has 2 aromatic rings. The first-order chi connectivity index (χ1) is 9.60. The van der Waals surface area contributed by atoms with Crippen molar-refractivity contribution in [3.05, 3.63) is 64.7 Å². The summed E-state index contributed by atoms with van der Waals surface area (Å²) in [6, 6.07) is 15.2. The number of aliphatic hydroxyl groups is 1. The third-order valence-electron chi connectivity index (χ3n) is 3.07. The monoisotopic (exact) mass is 267 g/mol. The lowest BCUT2D eigenvalue weighted by Gasteiger charge is -2.14. The van der Waals surface area contributed by atoms with Crippen LogP contribution in [0.25, 0.3) is 0 Å². The lowest BCUT2D eigenvalue weighted by molar-refractivity contribution is 0.190. The molecular formula is C17H17NO2. The average molecular weight is 267 g/mol. The van der Waals surface area contributed by atoms with Gasteiger partial charge >= 0.3 is 0 Å². The fraction of sp³-hybridized carbons (Fsp3) is 0.235. The van der Waals surface area contributed by atoms with E-state index in [2.05, 4.69) is 6.07 Å². The molecule has 0 aliphatic heterocycles. The van der Waals surface area contributed by atoms with Gasteiger partial charge in [-0.05, 0) is 43.2 Å². The summed E-state index contributed by atoms with van der Waals surface area (Å²) < 4.78 is 5.80. The first-order valence-electron chi connectivity index (χ1n) is 6.50. The van der Waals surface area contributed by atoms with Crippen molar-refractivity contribution in [2.75, 3.05) is 0 Å². The van der Waals surface area contributed by atoms with Gasteiger partial charge in [-0.15, -0.1) is 0 Å². The van der Waals surface area contributed by atoms with E-state index < -0.39 is 6.10 Å². The van der Waals surface area contributed by atoms with Crippen molar-refractivity contribution in [2.24, 2.45) is 0 Å². The molecular weight excluding hydrogens is 250 g/mol. The second-order valence-electron chi connectivity index (χ2n) is 4.82. The molecule has 3 nitrogen and oxygen atoms in total. The van der Waals surface area contributed by atoms with Gasteiger partial charge < -0.3 is 9.84 Å². The highest BCUT2D eigenvalue weighted by Gasteiger charge is 2.09. The molecule has 0 bridgehead atoms. The van der Waals surface area contributed by atoms with Crippen molar-refractivity contribution in [3.63, 3.8) is 0 Å². The Kier molecular flexibility index (Phi) is 4.39. The van der Waals surface area contributed by atoms with Crippen molar-refractivity contribution in [1.82, 2.24) is 0 Å². The summed E-state index contributed by atoms with van der Waals surface area (Å²) in [6.45, 7) is 4.07. The Bertz CT molecular complexity index is 642. The molecule has 102 valence electrons. The van der Waals surface area contributed by atoms with Gasteiger partial charge in [0.2, 0.25) is 0 Å². The molecule has 0 spiro atoms. The van der Waals surface area contributed by atoms with E-state index in [0.717, 1.165) is 16.7 Å². The van der Waals surface area contributed by atoms with E-state index in [1.54, 1.807) is 19.1 Å².